The van der Waals surface area contributed by atoms with E-state index >= 15 is 0 Å². The molecule has 1 aliphatic carbocycles. The Kier molecular flexibility index (Phi) is 5.74. The van der Waals surface area contributed by atoms with Gasteiger partial charge in [0, 0.05) is 6.04 Å². The second-order valence-electron chi connectivity index (χ2n) is 6.80. The first-order chi connectivity index (χ1) is 12.5. The molecule has 5 nitrogen and oxygen atoms in total. The number of hydrogen-bond acceptors (Lipinski definition) is 4. The van der Waals surface area contributed by atoms with Crippen LogP contribution in [0.4, 0.5) is 5.69 Å². The standard InChI is InChI=1S/C20H24N2O3S/c1-2-20(25)11-9-14(10-12-20)21-18(23)15-6-3-4-7-16(15)22-19(24)17-8-5-13-26-17/h3-8,13-14,25H,2,9-12H2,1H3,(H,21,23)(H,22,24). The Morgan fingerprint density at radius 2 is 1.88 bits per heavy atom. The third-order valence-electron chi connectivity index (χ3n) is 5.07. The highest BCUT2D eigenvalue weighted by Crippen LogP contribution is 2.31. The molecule has 1 heterocycles. The van der Waals surface area contributed by atoms with Gasteiger partial charge in [-0.25, -0.2) is 0 Å². The normalized spacial score (nSPS) is 22.6. The van der Waals surface area contributed by atoms with Crippen molar-refractivity contribution in [1.82, 2.24) is 5.32 Å². The van der Waals surface area contributed by atoms with Gasteiger partial charge in [-0.1, -0.05) is 25.1 Å². The van der Waals surface area contributed by atoms with E-state index in [2.05, 4.69) is 10.6 Å². The monoisotopic (exact) mass is 372 g/mol. The number of para-hydroxylation sites is 1. The molecule has 0 spiro atoms. The first kappa shape index (κ1) is 18.6. The van der Waals surface area contributed by atoms with Gasteiger partial charge in [0.25, 0.3) is 11.8 Å². The van der Waals surface area contributed by atoms with Crippen LogP contribution in [-0.2, 0) is 0 Å². The maximum atomic E-state index is 12.7. The maximum absolute atomic E-state index is 12.7. The van der Waals surface area contributed by atoms with Crippen LogP contribution in [-0.4, -0.2) is 28.6 Å². The highest BCUT2D eigenvalue weighted by atomic mass is 32.1. The molecule has 0 aliphatic heterocycles. The molecule has 0 radical (unpaired) electrons. The van der Waals surface area contributed by atoms with E-state index < -0.39 is 5.60 Å². The minimum absolute atomic E-state index is 0.0513. The zero-order valence-corrected chi connectivity index (χ0v) is 15.6. The third kappa shape index (κ3) is 4.31. The van der Waals surface area contributed by atoms with E-state index in [1.165, 1.54) is 11.3 Å². The van der Waals surface area contributed by atoms with Crippen molar-refractivity contribution in [2.75, 3.05) is 5.32 Å². The molecule has 138 valence electrons. The Labute approximate surface area is 157 Å². The molecule has 6 heteroatoms. The van der Waals surface area contributed by atoms with Gasteiger partial charge in [0.2, 0.25) is 0 Å². The van der Waals surface area contributed by atoms with Gasteiger partial charge in [0.15, 0.2) is 0 Å². The molecule has 1 aromatic heterocycles. The second-order valence-corrected chi connectivity index (χ2v) is 7.75. The molecule has 0 atom stereocenters. The van der Waals surface area contributed by atoms with Crippen LogP contribution in [0.1, 0.15) is 59.1 Å². The number of rotatable bonds is 5. The number of hydrogen-bond donors (Lipinski definition) is 3. The summed E-state index contributed by atoms with van der Waals surface area (Å²) < 4.78 is 0. The van der Waals surface area contributed by atoms with E-state index in [-0.39, 0.29) is 17.9 Å². The zero-order valence-electron chi connectivity index (χ0n) is 14.8. The lowest BCUT2D eigenvalue weighted by molar-refractivity contribution is -0.00652. The van der Waals surface area contributed by atoms with Gasteiger partial charge < -0.3 is 15.7 Å². The van der Waals surface area contributed by atoms with Crippen molar-refractivity contribution in [1.29, 1.82) is 0 Å². The van der Waals surface area contributed by atoms with Crippen LogP contribution in [0.25, 0.3) is 0 Å². The van der Waals surface area contributed by atoms with Crippen LogP contribution >= 0.6 is 11.3 Å². The molecular weight excluding hydrogens is 348 g/mol. The van der Waals surface area contributed by atoms with E-state index in [0.717, 1.165) is 19.3 Å². The first-order valence-corrected chi connectivity index (χ1v) is 9.86. The smallest absolute Gasteiger partial charge is 0.265 e. The number of anilines is 1. The SMILES string of the molecule is CCC1(O)CCC(NC(=O)c2ccccc2NC(=O)c2cccs2)CC1. The molecule has 1 aromatic carbocycles. The molecule has 1 fully saturated rings. The van der Waals surface area contributed by atoms with E-state index in [4.69, 9.17) is 0 Å². The van der Waals surface area contributed by atoms with Gasteiger partial charge in [0.1, 0.15) is 0 Å². The van der Waals surface area contributed by atoms with Crippen LogP contribution in [0, 0.1) is 0 Å². The second kappa shape index (κ2) is 8.01. The van der Waals surface area contributed by atoms with E-state index in [9.17, 15) is 14.7 Å². The quantitative estimate of drug-likeness (QED) is 0.747. The number of carbonyl (C=O) groups excluding carboxylic acids is 2. The van der Waals surface area contributed by atoms with Gasteiger partial charge >= 0.3 is 0 Å². The summed E-state index contributed by atoms with van der Waals surface area (Å²) >= 11 is 1.36. The summed E-state index contributed by atoms with van der Waals surface area (Å²) in [5.41, 5.74) is 0.367. The van der Waals surface area contributed by atoms with Crippen molar-refractivity contribution >= 4 is 28.8 Å². The number of carbonyl (C=O) groups is 2. The Morgan fingerprint density at radius 1 is 1.15 bits per heavy atom. The summed E-state index contributed by atoms with van der Waals surface area (Å²) in [4.78, 5) is 25.6. The summed E-state index contributed by atoms with van der Waals surface area (Å²) in [5, 5.41) is 18.0. The summed E-state index contributed by atoms with van der Waals surface area (Å²) in [6.45, 7) is 1.99. The van der Waals surface area contributed by atoms with Gasteiger partial charge in [-0.05, 0) is 55.7 Å². The van der Waals surface area contributed by atoms with Crippen LogP contribution in [0.5, 0.6) is 0 Å². The summed E-state index contributed by atoms with van der Waals surface area (Å²) in [6.07, 6.45) is 3.67. The summed E-state index contributed by atoms with van der Waals surface area (Å²) in [5.74, 6) is -0.412. The molecule has 2 aromatic rings. The molecule has 26 heavy (non-hydrogen) atoms. The molecule has 0 saturated heterocycles. The molecule has 2 amide bonds. The Balaban J connectivity index is 1.66. The maximum Gasteiger partial charge on any atom is 0.265 e. The Morgan fingerprint density at radius 3 is 2.54 bits per heavy atom. The molecule has 0 bridgehead atoms. The Hall–Kier alpha value is -2.18. The lowest BCUT2D eigenvalue weighted by atomic mass is 9.80. The summed E-state index contributed by atoms with van der Waals surface area (Å²) in [6, 6.07) is 10.6. The minimum atomic E-state index is -0.589. The van der Waals surface area contributed by atoms with Crippen molar-refractivity contribution < 1.29 is 14.7 Å². The molecule has 3 rings (SSSR count). The van der Waals surface area contributed by atoms with Crippen LogP contribution in [0.3, 0.4) is 0 Å². The van der Waals surface area contributed by atoms with Crippen LogP contribution in [0.2, 0.25) is 0 Å². The molecule has 3 N–H and O–H groups in total. The largest absolute Gasteiger partial charge is 0.390 e. The zero-order chi connectivity index (χ0) is 18.6. The number of benzene rings is 1. The third-order valence-corrected chi connectivity index (χ3v) is 5.94. The van der Waals surface area contributed by atoms with Crippen LogP contribution in [0.15, 0.2) is 41.8 Å². The average Bonchev–Trinajstić information content (AvgIpc) is 3.19. The highest BCUT2D eigenvalue weighted by Gasteiger charge is 2.32. The van der Waals surface area contributed by atoms with E-state index in [0.29, 0.717) is 29.0 Å². The predicted octanol–water partition coefficient (Wildman–Crippen LogP) is 3.81. The molecular formula is C20H24N2O3S. The average molecular weight is 372 g/mol. The molecule has 1 aliphatic rings. The number of thiophene rings is 1. The Bertz CT molecular complexity index is 765. The van der Waals surface area contributed by atoms with Crippen molar-refractivity contribution in [2.24, 2.45) is 0 Å². The fourth-order valence-corrected chi connectivity index (χ4v) is 3.92. The lowest BCUT2D eigenvalue weighted by Gasteiger charge is -2.35. The van der Waals surface area contributed by atoms with Gasteiger partial charge in [-0.2, -0.15) is 0 Å². The van der Waals surface area contributed by atoms with Crippen molar-refractivity contribution in [3.05, 3.63) is 52.2 Å². The summed E-state index contributed by atoms with van der Waals surface area (Å²) in [7, 11) is 0. The van der Waals surface area contributed by atoms with Gasteiger partial charge in [-0.15, -0.1) is 11.3 Å². The fraction of sp³-hybridized carbons (Fsp3) is 0.400. The van der Waals surface area contributed by atoms with Crippen molar-refractivity contribution in [2.45, 2.75) is 50.7 Å². The molecule has 0 unspecified atom stereocenters. The number of aliphatic hydroxyl groups is 1. The van der Waals surface area contributed by atoms with Gasteiger partial charge in [-0.3, -0.25) is 9.59 Å². The predicted molar refractivity (Wildman–Crippen MR) is 104 cm³/mol. The molecule has 1 saturated carbocycles. The van der Waals surface area contributed by atoms with Gasteiger partial charge in [0.05, 0.1) is 21.7 Å². The van der Waals surface area contributed by atoms with E-state index in [1.807, 2.05) is 18.4 Å². The first-order valence-electron chi connectivity index (χ1n) is 8.98. The minimum Gasteiger partial charge on any atom is -0.390 e. The van der Waals surface area contributed by atoms with Crippen molar-refractivity contribution in [3.8, 4) is 0 Å². The highest BCUT2D eigenvalue weighted by molar-refractivity contribution is 7.12. The number of nitrogens with one attached hydrogen (secondary N) is 2. The lowest BCUT2D eigenvalue weighted by Crippen LogP contribution is -2.43. The van der Waals surface area contributed by atoms with Crippen LogP contribution < -0.4 is 10.6 Å². The topological polar surface area (TPSA) is 78.4 Å². The van der Waals surface area contributed by atoms with Crippen molar-refractivity contribution in [3.63, 3.8) is 0 Å². The number of amides is 2. The van der Waals surface area contributed by atoms with E-state index in [1.54, 1.807) is 30.3 Å². The fourth-order valence-electron chi connectivity index (χ4n) is 3.30.